The van der Waals surface area contributed by atoms with E-state index in [1.807, 2.05) is 37.3 Å². The van der Waals surface area contributed by atoms with Gasteiger partial charge in [0.15, 0.2) is 11.5 Å². The Balaban J connectivity index is 1.47. The Bertz CT molecular complexity index is 1180. The van der Waals surface area contributed by atoms with Gasteiger partial charge >= 0.3 is 0 Å². The van der Waals surface area contributed by atoms with E-state index in [0.717, 1.165) is 9.87 Å². The number of hydrogen-bond acceptors (Lipinski definition) is 5. The van der Waals surface area contributed by atoms with Crippen LogP contribution in [-0.2, 0) is 14.8 Å². The third-order valence-corrected chi connectivity index (χ3v) is 6.82. The summed E-state index contributed by atoms with van der Waals surface area (Å²) in [5.74, 6) is 0.841. The van der Waals surface area contributed by atoms with E-state index < -0.39 is 15.9 Å². The van der Waals surface area contributed by atoms with Crippen LogP contribution in [0.15, 0.2) is 83.8 Å². The van der Waals surface area contributed by atoms with Crippen molar-refractivity contribution in [2.45, 2.75) is 17.9 Å². The minimum atomic E-state index is -3.93. The molecule has 1 unspecified atom stereocenters. The van der Waals surface area contributed by atoms with Gasteiger partial charge in [-0.15, -0.1) is 0 Å². The predicted octanol–water partition coefficient (Wildman–Crippen LogP) is 3.15. The SMILES string of the molecule is Cc1ccc(N(CC(=O)NCC2COc3ccccc3O2)S(=O)(=O)c2ccccc2)cc1. The molecule has 32 heavy (non-hydrogen) atoms. The van der Waals surface area contributed by atoms with E-state index in [-0.39, 0.29) is 24.1 Å². The van der Waals surface area contributed by atoms with Crippen molar-refractivity contribution in [1.29, 1.82) is 0 Å². The van der Waals surface area contributed by atoms with E-state index >= 15 is 0 Å². The molecule has 0 aromatic heterocycles. The molecule has 0 bridgehead atoms. The number of amides is 1. The Hall–Kier alpha value is -3.52. The first-order chi connectivity index (χ1) is 15.4. The van der Waals surface area contributed by atoms with Crippen LogP contribution in [0, 0.1) is 6.92 Å². The summed E-state index contributed by atoms with van der Waals surface area (Å²) in [7, 11) is -3.93. The maximum absolute atomic E-state index is 13.3. The molecule has 0 saturated heterocycles. The number of carbonyl (C=O) groups excluding carboxylic acids is 1. The lowest BCUT2D eigenvalue weighted by Gasteiger charge is -2.27. The molecular weight excluding hydrogens is 428 g/mol. The second kappa shape index (κ2) is 9.32. The first-order valence-electron chi connectivity index (χ1n) is 10.2. The first-order valence-corrected chi connectivity index (χ1v) is 11.7. The molecule has 4 rings (SSSR count). The van der Waals surface area contributed by atoms with Crippen LogP contribution in [0.5, 0.6) is 11.5 Å². The van der Waals surface area contributed by atoms with E-state index in [1.54, 1.807) is 36.4 Å². The molecule has 8 heteroatoms. The highest BCUT2D eigenvalue weighted by Gasteiger charge is 2.28. The van der Waals surface area contributed by atoms with Crippen LogP contribution in [0.4, 0.5) is 5.69 Å². The summed E-state index contributed by atoms with van der Waals surface area (Å²) in [5.41, 5.74) is 1.41. The van der Waals surface area contributed by atoms with Crippen LogP contribution < -0.4 is 19.1 Å². The average molecular weight is 453 g/mol. The zero-order chi connectivity index (χ0) is 22.6. The molecule has 0 saturated carbocycles. The number of fused-ring (bicyclic) bond motifs is 1. The summed E-state index contributed by atoms with van der Waals surface area (Å²) >= 11 is 0. The Labute approximate surface area is 187 Å². The second-order valence-electron chi connectivity index (χ2n) is 7.46. The van der Waals surface area contributed by atoms with E-state index in [9.17, 15) is 13.2 Å². The molecule has 1 heterocycles. The van der Waals surface area contributed by atoms with Crippen molar-refractivity contribution in [2.24, 2.45) is 0 Å². The summed E-state index contributed by atoms with van der Waals surface area (Å²) in [4.78, 5) is 12.9. The van der Waals surface area contributed by atoms with Gasteiger partial charge in [-0.25, -0.2) is 8.42 Å². The number of hydrogen-bond donors (Lipinski definition) is 1. The maximum Gasteiger partial charge on any atom is 0.264 e. The molecule has 1 atom stereocenters. The number of rotatable bonds is 7. The summed E-state index contributed by atoms with van der Waals surface area (Å²) in [6.45, 7) is 2.04. The van der Waals surface area contributed by atoms with Gasteiger partial charge in [0.1, 0.15) is 19.3 Å². The van der Waals surface area contributed by atoms with Crippen molar-refractivity contribution in [1.82, 2.24) is 5.32 Å². The van der Waals surface area contributed by atoms with Crippen molar-refractivity contribution in [3.8, 4) is 11.5 Å². The molecule has 3 aromatic carbocycles. The fourth-order valence-electron chi connectivity index (χ4n) is 3.32. The van der Waals surface area contributed by atoms with E-state index in [2.05, 4.69) is 5.32 Å². The van der Waals surface area contributed by atoms with Crippen LogP contribution in [0.2, 0.25) is 0 Å². The van der Waals surface area contributed by atoms with Crippen molar-refractivity contribution in [3.05, 3.63) is 84.4 Å². The highest BCUT2D eigenvalue weighted by Crippen LogP contribution is 2.30. The van der Waals surface area contributed by atoms with E-state index in [0.29, 0.717) is 23.8 Å². The van der Waals surface area contributed by atoms with Gasteiger partial charge < -0.3 is 14.8 Å². The predicted molar refractivity (Wildman–Crippen MR) is 122 cm³/mol. The topological polar surface area (TPSA) is 84.9 Å². The number of sulfonamides is 1. The van der Waals surface area contributed by atoms with E-state index in [1.165, 1.54) is 12.1 Å². The van der Waals surface area contributed by atoms with Crippen LogP contribution in [-0.4, -0.2) is 40.1 Å². The first kappa shape index (κ1) is 21.7. The van der Waals surface area contributed by atoms with Crippen molar-refractivity contribution in [2.75, 3.05) is 24.0 Å². The lowest BCUT2D eigenvalue weighted by Crippen LogP contribution is -2.45. The lowest BCUT2D eigenvalue weighted by molar-refractivity contribution is -0.120. The van der Waals surface area contributed by atoms with Gasteiger partial charge in [-0.2, -0.15) is 0 Å². The summed E-state index contributed by atoms with van der Waals surface area (Å²) < 4.78 is 39.2. The summed E-state index contributed by atoms with van der Waals surface area (Å²) in [5, 5.41) is 2.77. The Kier molecular flexibility index (Phi) is 6.32. The third-order valence-electron chi connectivity index (χ3n) is 5.03. The Morgan fingerprint density at radius 1 is 0.969 bits per heavy atom. The number of benzene rings is 3. The van der Waals surface area contributed by atoms with Crippen molar-refractivity contribution < 1.29 is 22.7 Å². The molecule has 0 spiro atoms. The molecular formula is C24H24N2O5S. The molecule has 3 aromatic rings. The normalized spacial score (nSPS) is 15.1. The minimum absolute atomic E-state index is 0.119. The zero-order valence-corrected chi connectivity index (χ0v) is 18.4. The van der Waals surface area contributed by atoms with Gasteiger partial charge in [0.2, 0.25) is 5.91 Å². The Morgan fingerprint density at radius 2 is 1.62 bits per heavy atom. The molecule has 0 aliphatic carbocycles. The standard InChI is InChI=1S/C24H24N2O5S/c1-18-11-13-19(14-12-18)26(32(28,29)21-7-3-2-4-8-21)16-24(27)25-15-20-17-30-22-9-5-6-10-23(22)31-20/h2-14,20H,15-17H2,1H3,(H,25,27). The van der Waals surface area contributed by atoms with Gasteiger partial charge in [-0.05, 0) is 43.3 Å². The van der Waals surface area contributed by atoms with Gasteiger partial charge in [0, 0.05) is 0 Å². The largest absolute Gasteiger partial charge is 0.486 e. The number of ether oxygens (including phenoxy) is 2. The summed E-state index contributed by atoms with van der Waals surface area (Å²) in [6, 6.07) is 22.4. The highest BCUT2D eigenvalue weighted by molar-refractivity contribution is 7.92. The minimum Gasteiger partial charge on any atom is -0.486 e. The smallest absolute Gasteiger partial charge is 0.264 e. The van der Waals surface area contributed by atoms with Crippen LogP contribution in [0.3, 0.4) is 0 Å². The third kappa shape index (κ3) is 4.86. The van der Waals surface area contributed by atoms with Crippen molar-refractivity contribution >= 4 is 21.6 Å². The molecule has 0 fully saturated rings. The number of para-hydroxylation sites is 2. The van der Waals surface area contributed by atoms with Gasteiger partial charge in [-0.1, -0.05) is 48.0 Å². The van der Waals surface area contributed by atoms with Crippen molar-refractivity contribution in [3.63, 3.8) is 0 Å². The highest BCUT2D eigenvalue weighted by atomic mass is 32.2. The zero-order valence-electron chi connectivity index (χ0n) is 17.6. The summed E-state index contributed by atoms with van der Waals surface area (Å²) in [6.07, 6.45) is -0.368. The Morgan fingerprint density at radius 3 is 2.34 bits per heavy atom. The van der Waals surface area contributed by atoms with Crippen LogP contribution in [0.1, 0.15) is 5.56 Å². The van der Waals surface area contributed by atoms with Crippen LogP contribution >= 0.6 is 0 Å². The second-order valence-corrected chi connectivity index (χ2v) is 9.32. The fourth-order valence-corrected chi connectivity index (χ4v) is 4.77. The average Bonchev–Trinajstić information content (AvgIpc) is 2.82. The van der Waals surface area contributed by atoms with Gasteiger partial charge in [-0.3, -0.25) is 9.10 Å². The number of aryl methyl sites for hydroxylation is 1. The fraction of sp³-hybridized carbons (Fsp3) is 0.208. The van der Waals surface area contributed by atoms with E-state index in [4.69, 9.17) is 9.47 Å². The van der Waals surface area contributed by atoms with Crippen LogP contribution in [0.25, 0.3) is 0 Å². The molecule has 1 N–H and O–H groups in total. The molecule has 1 amide bonds. The molecule has 1 aliphatic heterocycles. The number of nitrogens with zero attached hydrogens (tertiary/aromatic N) is 1. The molecule has 1 aliphatic rings. The molecule has 0 radical (unpaired) electrons. The quantitative estimate of drug-likeness (QED) is 0.595. The number of carbonyl (C=O) groups is 1. The molecule has 7 nitrogen and oxygen atoms in total. The number of anilines is 1. The monoisotopic (exact) mass is 452 g/mol. The lowest BCUT2D eigenvalue weighted by atomic mass is 10.2. The maximum atomic E-state index is 13.3. The van der Waals surface area contributed by atoms with Gasteiger partial charge in [0.25, 0.3) is 10.0 Å². The van der Waals surface area contributed by atoms with Gasteiger partial charge in [0.05, 0.1) is 17.1 Å². The number of nitrogens with one attached hydrogen (secondary N) is 1. The molecule has 166 valence electrons.